The average molecular weight is 493 g/mol. The summed E-state index contributed by atoms with van der Waals surface area (Å²) in [7, 11) is 0. The molecule has 0 amide bonds. The van der Waals surface area contributed by atoms with Crippen LogP contribution in [0.4, 0.5) is 5.69 Å². The Morgan fingerprint density at radius 2 is 1.61 bits per heavy atom. The number of halogens is 1. The molecule has 7 nitrogen and oxygen atoms in total. The van der Waals surface area contributed by atoms with Gasteiger partial charge in [0.1, 0.15) is 6.04 Å². The van der Waals surface area contributed by atoms with E-state index in [1.807, 2.05) is 66.9 Å². The molecule has 176 valence electrons. The summed E-state index contributed by atoms with van der Waals surface area (Å²) < 4.78 is 1.77. The fourth-order valence-corrected chi connectivity index (χ4v) is 4.33. The quantitative estimate of drug-likeness (QED) is 0.400. The van der Waals surface area contributed by atoms with Gasteiger partial charge in [-0.25, -0.2) is 4.68 Å². The van der Waals surface area contributed by atoms with Gasteiger partial charge in [-0.05, 0) is 36.4 Å². The van der Waals surface area contributed by atoms with Crippen molar-refractivity contribution in [3.8, 4) is 23.0 Å². The molecular formula is C28H21ClN6O. The zero-order valence-corrected chi connectivity index (χ0v) is 20.1. The number of para-hydroxylation sites is 1. The standard InChI is InChI=1S/C28H21ClN6O/c1-18(36)26-25(31)23(16-30)28(35(33-26)22-14-12-20(29)13-15-22)24-17-34(21-10-6-3-7-11-21)32-27(24)19-8-4-2-5-9-19/h2-15,17,28H,31H2,1H3. The molecule has 0 spiro atoms. The first-order chi connectivity index (χ1) is 17.5. The Hall–Kier alpha value is -4.67. The summed E-state index contributed by atoms with van der Waals surface area (Å²) in [5, 5.41) is 22.0. The van der Waals surface area contributed by atoms with Crippen LogP contribution in [0.1, 0.15) is 18.5 Å². The number of allylic oxidation sites excluding steroid dienone is 1. The van der Waals surface area contributed by atoms with Crippen LogP contribution in [0.2, 0.25) is 5.02 Å². The Labute approximate surface area is 213 Å². The van der Waals surface area contributed by atoms with Gasteiger partial charge in [0.05, 0.1) is 34.4 Å². The van der Waals surface area contributed by atoms with Gasteiger partial charge < -0.3 is 5.73 Å². The lowest BCUT2D eigenvalue weighted by atomic mass is 9.92. The minimum atomic E-state index is -0.730. The Morgan fingerprint density at radius 1 is 0.972 bits per heavy atom. The van der Waals surface area contributed by atoms with E-state index in [1.165, 1.54) is 6.92 Å². The number of hydrazone groups is 1. The number of nitrogens with zero attached hydrogens (tertiary/aromatic N) is 5. The van der Waals surface area contributed by atoms with Crippen LogP contribution in [0, 0.1) is 11.3 Å². The molecule has 0 aliphatic carbocycles. The van der Waals surface area contributed by atoms with Crippen molar-refractivity contribution in [3.63, 3.8) is 0 Å². The summed E-state index contributed by atoms with van der Waals surface area (Å²) >= 11 is 6.14. The molecular weight excluding hydrogens is 472 g/mol. The van der Waals surface area contributed by atoms with Gasteiger partial charge in [0.25, 0.3) is 0 Å². The van der Waals surface area contributed by atoms with E-state index < -0.39 is 6.04 Å². The van der Waals surface area contributed by atoms with Crippen molar-refractivity contribution >= 4 is 28.8 Å². The van der Waals surface area contributed by atoms with Gasteiger partial charge in [-0.15, -0.1) is 0 Å². The zero-order valence-electron chi connectivity index (χ0n) is 19.3. The maximum absolute atomic E-state index is 12.4. The summed E-state index contributed by atoms with van der Waals surface area (Å²) in [6.07, 6.45) is 1.88. The van der Waals surface area contributed by atoms with Crippen molar-refractivity contribution in [1.82, 2.24) is 9.78 Å². The van der Waals surface area contributed by atoms with Gasteiger partial charge in [-0.3, -0.25) is 9.80 Å². The molecule has 8 heteroatoms. The Kier molecular flexibility index (Phi) is 6.11. The second-order valence-electron chi connectivity index (χ2n) is 8.25. The second-order valence-corrected chi connectivity index (χ2v) is 8.68. The molecule has 1 aromatic heterocycles. The third-order valence-corrected chi connectivity index (χ3v) is 6.17. The van der Waals surface area contributed by atoms with E-state index in [2.05, 4.69) is 11.2 Å². The Morgan fingerprint density at radius 3 is 2.22 bits per heavy atom. The van der Waals surface area contributed by atoms with E-state index in [4.69, 9.17) is 22.4 Å². The molecule has 0 fully saturated rings. The van der Waals surface area contributed by atoms with Crippen molar-refractivity contribution in [2.24, 2.45) is 10.8 Å². The van der Waals surface area contributed by atoms with E-state index in [0.717, 1.165) is 11.3 Å². The van der Waals surface area contributed by atoms with E-state index in [-0.39, 0.29) is 22.8 Å². The molecule has 1 aliphatic rings. The molecule has 36 heavy (non-hydrogen) atoms. The summed E-state index contributed by atoms with van der Waals surface area (Å²) in [4.78, 5) is 12.4. The SMILES string of the molecule is CC(=O)C1=NN(c2ccc(Cl)cc2)C(c2cn(-c3ccccc3)nc2-c2ccccc2)C(C#N)=C1N. The van der Waals surface area contributed by atoms with Crippen LogP contribution in [-0.4, -0.2) is 21.3 Å². The summed E-state index contributed by atoms with van der Waals surface area (Å²) in [6, 6.07) is 28.0. The summed E-state index contributed by atoms with van der Waals surface area (Å²) in [5.74, 6) is -0.332. The van der Waals surface area contributed by atoms with E-state index in [0.29, 0.717) is 22.0 Å². The maximum atomic E-state index is 12.4. The lowest BCUT2D eigenvalue weighted by Crippen LogP contribution is -2.37. The minimum absolute atomic E-state index is 0.0365. The van der Waals surface area contributed by atoms with Crippen molar-refractivity contribution < 1.29 is 4.79 Å². The Bertz CT molecular complexity index is 1530. The molecule has 0 saturated heterocycles. The van der Waals surface area contributed by atoms with Crippen LogP contribution >= 0.6 is 11.6 Å². The van der Waals surface area contributed by atoms with Crippen LogP contribution in [0.5, 0.6) is 0 Å². The van der Waals surface area contributed by atoms with Gasteiger partial charge in [0, 0.05) is 29.3 Å². The van der Waals surface area contributed by atoms with Crippen LogP contribution in [0.25, 0.3) is 16.9 Å². The molecule has 0 saturated carbocycles. The van der Waals surface area contributed by atoms with Gasteiger partial charge in [-0.1, -0.05) is 60.1 Å². The van der Waals surface area contributed by atoms with Gasteiger partial charge in [0.15, 0.2) is 11.5 Å². The normalized spacial score (nSPS) is 15.4. The number of benzene rings is 3. The highest BCUT2D eigenvalue weighted by Gasteiger charge is 2.37. The largest absolute Gasteiger partial charge is 0.396 e. The number of carbonyl (C=O) groups excluding carboxylic acids is 1. The van der Waals surface area contributed by atoms with E-state index >= 15 is 0 Å². The molecule has 1 atom stereocenters. The molecule has 1 unspecified atom stereocenters. The fraction of sp³-hybridized carbons (Fsp3) is 0.0714. The van der Waals surface area contributed by atoms with Crippen molar-refractivity contribution in [2.45, 2.75) is 13.0 Å². The number of Topliss-reactive ketones (excluding diaryl/α,β-unsaturated/α-hetero) is 1. The third kappa shape index (κ3) is 4.15. The number of carbonyl (C=O) groups is 1. The predicted molar refractivity (Wildman–Crippen MR) is 141 cm³/mol. The van der Waals surface area contributed by atoms with Gasteiger partial charge >= 0.3 is 0 Å². The van der Waals surface area contributed by atoms with Crippen LogP contribution in [-0.2, 0) is 4.79 Å². The highest BCUT2D eigenvalue weighted by molar-refractivity contribution is 6.45. The average Bonchev–Trinajstić information content (AvgIpc) is 3.35. The predicted octanol–water partition coefficient (Wildman–Crippen LogP) is 5.44. The smallest absolute Gasteiger partial charge is 0.182 e. The number of nitriles is 1. The van der Waals surface area contributed by atoms with Crippen LogP contribution in [0.15, 0.2) is 107 Å². The number of aromatic nitrogens is 2. The molecule has 4 aromatic rings. The van der Waals surface area contributed by atoms with Crippen molar-refractivity contribution in [1.29, 1.82) is 5.26 Å². The molecule has 3 aromatic carbocycles. The summed E-state index contributed by atoms with van der Waals surface area (Å²) in [5.41, 5.74) is 10.4. The fourth-order valence-electron chi connectivity index (χ4n) is 4.21. The molecule has 2 heterocycles. The van der Waals surface area contributed by atoms with Crippen molar-refractivity contribution in [2.75, 3.05) is 5.01 Å². The first-order valence-corrected chi connectivity index (χ1v) is 11.6. The molecule has 0 bridgehead atoms. The monoisotopic (exact) mass is 492 g/mol. The van der Waals surface area contributed by atoms with Gasteiger partial charge in [-0.2, -0.15) is 15.5 Å². The number of anilines is 1. The first-order valence-electron chi connectivity index (χ1n) is 11.2. The van der Waals surface area contributed by atoms with Crippen LogP contribution in [0.3, 0.4) is 0 Å². The molecule has 2 N–H and O–H groups in total. The third-order valence-electron chi connectivity index (χ3n) is 5.92. The highest BCUT2D eigenvalue weighted by atomic mass is 35.5. The highest BCUT2D eigenvalue weighted by Crippen LogP contribution is 2.41. The molecule has 0 radical (unpaired) electrons. The lowest BCUT2D eigenvalue weighted by molar-refractivity contribution is -0.111. The van der Waals surface area contributed by atoms with Gasteiger partial charge in [0.2, 0.25) is 0 Å². The molecule has 5 rings (SSSR count). The number of rotatable bonds is 5. The topological polar surface area (TPSA) is 100 Å². The van der Waals surface area contributed by atoms with E-state index in [1.54, 1.807) is 34.0 Å². The minimum Gasteiger partial charge on any atom is -0.396 e. The number of nitrogens with two attached hydrogens (primary N) is 1. The number of hydrogen-bond acceptors (Lipinski definition) is 6. The molecule has 1 aliphatic heterocycles. The first kappa shape index (κ1) is 23.1. The zero-order chi connectivity index (χ0) is 25.2. The number of hydrogen-bond donors (Lipinski definition) is 1. The number of ketones is 1. The Balaban J connectivity index is 1.78. The maximum Gasteiger partial charge on any atom is 0.182 e. The van der Waals surface area contributed by atoms with Crippen molar-refractivity contribution in [3.05, 3.63) is 113 Å². The second kappa shape index (κ2) is 9.53. The van der Waals surface area contributed by atoms with Crippen LogP contribution < -0.4 is 10.7 Å². The summed E-state index contributed by atoms with van der Waals surface area (Å²) in [6.45, 7) is 1.38. The lowest BCUT2D eigenvalue weighted by Gasteiger charge is -2.33. The van der Waals surface area contributed by atoms with E-state index in [9.17, 15) is 10.1 Å².